The van der Waals surface area contributed by atoms with E-state index in [2.05, 4.69) is 10.3 Å². The Balaban J connectivity index is 1.76. The third-order valence-corrected chi connectivity index (χ3v) is 4.53. The quantitative estimate of drug-likeness (QED) is 0.825. The van der Waals surface area contributed by atoms with E-state index < -0.39 is 0 Å². The molecule has 90 valence electrons. The molecule has 0 amide bonds. The van der Waals surface area contributed by atoms with Gasteiger partial charge >= 0.3 is 0 Å². The number of hydrogen-bond acceptors (Lipinski definition) is 3. The second-order valence-corrected chi connectivity index (χ2v) is 5.62. The van der Waals surface area contributed by atoms with Gasteiger partial charge in [0.15, 0.2) is 5.17 Å². The molecule has 1 fully saturated rings. The van der Waals surface area contributed by atoms with Crippen LogP contribution in [0.5, 0.6) is 0 Å². The Morgan fingerprint density at radius 3 is 3.06 bits per heavy atom. The number of amidine groups is 1. The molecule has 2 unspecified atom stereocenters. The lowest BCUT2D eigenvalue weighted by atomic mass is 10.1. The molecule has 0 spiro atoms. The summed E-state index contributed by atoms with van der Waals surface area (Å²) in [5.41, 5.74) is 0.523. The Morgan fingerprint density at radius 2 is 2.18 bits per heavy atom. The zero-order valence-corrected chi connectivity index (χ0v) is 10.3. The lowest BCUT2D eigenvalue weighted by Gasteiger charge is -2.23. The second-order valence-electron chi connectivity index (χ2n) is 4.61. The fraction of sp³-hybridized carbons (Fsp3) is 0.462. The van der Waals surface area contributed by atoms with Crippen LogP contribution in [0.1, 0.15) is 19.3 Å². The van der Waals surface area contributed by atoms with Gasteiger partial charge in [0.2, 0.25) is 0 Å². The number of nitrogens with one attached hydrogen (secondary N) is 1. The molecule has 17 heavy (non-hydrogen) atoms. The summed E-state index contributed by atoms with van der Waals surface area (Å²) in [5.74, 6) is 1.64. The van der Waals surface area contributed by atoms with Gasteiger partial charge in [0.05, 0.1) is 11.7 Å². The van der Waals surface area contributed by atoms with Crippen LogP contribution in [-0.2, 0) is 0 Å². The Bertz CT molecular complexity index is 447. The van der Waals surface area contributed by atoms with E-state index in [0.717, 1.165) is 16.8 Å². The number of thioether (sulfide) groups is 1. The first kappa shape index (κ1) is 11.1. The smallest absolute Gasteiger partial charge is 0.161 e. The summed E-state index contributed by atoms with van der Waals surface area (Å²) in [6.45, 7) is 0. The first-order valence-electron chi connectivity index (χ1n) is 6.05. The van der Waals surface area contributed by atoms with Crippen LogP contribution in [0.25, 0.3) is 0 Å². The third kappa shape index (κ3) is 2.32. The van der Waals surface area contributed by atoms with E-state index in [9.17, 15) is 4.39 Å². The van der Waals surface area contributed by atoms with Crippen molar-refractivity contribution in [3.8, 4) is 0 Å². The zero-order chi connectivity index (χ0) is 11.7. The molecule has 2 nitrogen and oxygen atoms in total. The van der Waals surface area contributed by atoms with E-state index in [1.807, 2.05) is 6.07 Å². The van der Waals surface area contributed by atoms with Gasteiger partial charge in [0.25, 0.3) is 0 Å². The summed E-state index contributed by atoms with van der Waals surface area (Å²) >= 11 is 1.72. The summed E-state index contributed by atoms with van der Waals surface area (Å²) in [6.07, 6.45) is 3.77. The molecule has 1 N–H and O–H groups in total. The highest BCUT2D eigenvalue weighted by Crippen LogP contribution is 2.35. The Hall–Kier alpha value is -1.03. The first-order valence-corrected chi connectivity index (χ1v) is 7.03. The van der Waals surface area contributed by atoms with E-state index >= 15 is 0 Å². The van der Waals surface area contributed by atoms with E-state index in [1.54, 1.807) is 23.9 Å². The SMILES string of the molecule is Fc1ccccc1NC1=NC2CCCC2CS1. The van der Waals surface area contributed by atoms with Gasteiger partial charge in [0, 0.05) is 5.75 Å². The fourth-order valence-corrected chi connectivity index (χ4v) is 3.65. The van der Waals surface area contributed by atoms with Crippen molar-refractivity contribution < 1.29 is 4.39 Å². The highest BCUT2D eigenvalue weighted by Gasteiger charge is 2.31. The Labute approximate surface area is 105 Å². The predicted molar refractivity (Wildman–Crippen MR) is 71.0 cm³/mol. The van der Waals surface area contributed by atoms with Crippen molar-refractivity contribution in [2.24, 2.45) is 10.9 Å². The second kappa shape index (κ2) is 4.69. The minimum atomic E-state index is -0.218. The van der Waals surface area contributed by atoms with Crippen LogP contribution in [-0.4, -0.2) is 17.0 Å². The number of nitrogens with zero attached hydrogens (tertiary/aromatic N) is 1. The monoisotopic (exact) mass is 250 g/mol. The van der Waals surface area contributed by atoms with Crippen LogP contribution in [0.3, 0.4) is 0 Å². The first-order chi connectivity index (χ1) is 8.33. The van der Waals surface area contributed by atoms with Crippen molar-refractivity contribution in [3.05, 3.63) is 30.1 Å². The molecule has 2 atom stereocenters. The average molecular weight is 250 g/mol. The fourth-order valence-electron chi connectivity index (χ4n) is 2.50. The summed E-state index contributed by atoms with van der Waals surface area (Å²) in [5, 5.41) is 3.97. The van der Waals surface area contributed by atoms with Gasteiger partial charge < -0.3 is 5.32 Å². The van der Waals surface area contributed by atoms with Gasteiger partial charge in [-0.05, 0) is 30.9 Å². The third-order valence-electron chi connectivity index (χ3n) is 3.45. The molecule has 1 aliphatic heterocycles. The molecule has 0 saturated heterocycles. The van der Waals surface area contributed by atoms with Crippen LogP contribution in [0.2, 0.25) is 0 Å². The van der Waals surface area contributed by atoms with Crippen LogP contribution in [0, 0.1) is 11.7 Å². The van der Waals surface area contributed by atoms with Crippen molar-refractivity contribution in [2.75, 3.05) is 11.1 Å². The molecule has 0 radical (unpaired) electrons. The minimum absolute atomic E-state index is 0.218. The Kier molecular flexibility index (Phi) is 3.05. The number of aliphatic imine (C=N–C) groups is 1. The number of fused-ring (bicyclic) bond motifs is 1. The normalized spacial score (nSPS) is 27.5. The summed E-state index contributed by atoms with van der Waals surface area (Å²) in [4.78, 5) is 4.68. The van der Waals surface area contributed by atoms with Crippen molar-refractivity contribution in [1.29, 1.82) is 0 Å². The van der Waals surface area contributed by atoms with Gasteiger partial charge in [-0.2, -0.15) is 0 Å². The number of para-hydroxylation sites is 1. The van der Waals surface area contributed by atoms with Gasteiger partial charge in [-0.25, -0.2) is 4.39 Å². The predicted octanol–water partition coefficient (Wildman–Crippen LogP) is 3.51. The lowest BCUT2D eigenvalue weighted by molar-refractivity contribution is 0.535. The summed E-state index contributed by atoms with van der Waals surface area (Å²) in [7, 11) is 0. The van der Waals surface area contributed by atoms with Crippen molar-refractivity contribution >= 4 is 22.6 Å². The minimum Gasteiger partial charge on any atom is -0.333 e. The molecule has 0 bridgehead atoms. The summed E-state index contributed by atoms with van der Waals surface area (Å²) in [6, 6.07) is 7.21. The number of halogens is 1. The maximum atomic E-state index is 13.5. The van der Waals surface area contributed by atoms with Crippen LogP contribution in [0.4, 0.5) is 10.1 Å². The van der Waals surface area contributed by atoms with E-state index in [-0.39, 0.29) is 5.82 Å². The van der Waals surface area contributed by atoms with E-state index in [0.29, 0.717) is 11.7 Å². The van der Waals surface area contributed by atoms with Crippen LogP contribution >= 0.6 is 11.8 Å². The van der Waals surface area contributed by atoms with Crippen LogP contribution < -0.4 is 5.32 Å². The largest absolute Gasteiger partial charge is 0.333 e. The zero-order valence-electron chi connectivity index (χ0n) is 9.53. The standard InChI is InChI=1S/C13H15FN2S/c14-10-5-1-2-6-12(10)16-13-15-11-7-3-4-9(11)8-17-13/h1-2,5-6,9,11H,3-4,7-8H2,(H,15,16). The number of anilines is 1. The van der Waals surface area contributed by atoms with Crippen molar-refractivity contribution in [2.45, 2.75) is 25.3 Å². The molecule has 3 rings (SSSR count). The van der Waals surface area contributed by atoms with Crippen molar-refractivity contribution in [3.63, 3.8) is 0 Å². The van der Waals surface area contributed by atoms with Crippen molar-refractivity contribution in [1.82, 2.24) is 0 Å². The van der Waals surface area contributed by atoms with Gasteiger partial charge in [-0.15, -0.1) is 0 Å². The number of hydrogen-bond donors (Lipinski definition) is 1. The van der Waals surface area contributed by atoms with E-state index in [1.165, 1.54) is 25.3 Å². The molecule has 1 aromatic rings. The Morgan fingerprint density at radius 1 is 1.29 bits per heavy atom. The molecular formula is C13H15FN2S. The van der Waals surface area contributed by atoms with Gasteiger partial charge in [0.1, 0.15) is 5.82 Å². The van der Waals surface area contributed by atoms with Gasteiger partial charge in [-0.3, -0.25) is 4.99 Å². The maximum Gasteiger partial charge on any atom is 0.161 e. The van der Waals surface area contributed by atoms with Crippen LogP contribution in [0.15, 0.2) is 29.3 Å². The summed E-state index contributed by atoms with van der Waals surface area (Å²) < 4.78 is 13.5. The number of rotatable bonds is 1. The molecule has 2 aliphatic rings. The van der Waals surface area contributed by atoms with Gasteiger partial charge in [-0.1, -0.05) is 30.3 Å². The molecule has 4 heteroatoms. The highest BCUT2D eigenvalue weighted by molar-refractivity contribution is 8.14. The number of benzene rings is 1. The molecule has 0 aromatic heterocycles. The molecule has 1 aliphatic carbocycles. The molecule has 1 saturated carbocycles. The topological polar surface area (TPSA) is 24.4 Å². The molecule has 1 heterocycles. The maximum absolute atomic E-state index is 13.5. The molecular weight excluding hydrogens is 235 g/mol. The highest BCUT2D eigenvalue weighted by atomic mass is 32.2. The van der Waals surface area contributed by atoms with E-state index in [4.69, 9.17) is 0 Å². The lowest BCUT2D eigenvalue weighted by Crippen LogP contribution is -2.25. The molecule has 1 aromatic carbocycles. The average Bonchev–Trinajstić information content (AvgIpc) is 2.79.